The van der Waals surface area contributed by atoms with E-state index >= 15 is 0 Å². The number of sulfonamides is 1. The first-order chi connectivity index (χ1) is 13.9. The van der Waals surface area contributed by atoms with Gasteiger partial charge in [0, 0.05) is 19.2 Å². The van der Waals surface area contributed by atoms with Crippen molar-refractivity contribution in [2.45, 2.75) is 18.6 Å². The maximum Gasteiger partial charge on any atom is 0.228 e. The van der Waals surface area contributed by atoms with Gasteiger partial charge in [0.1, 0.15) is 11.5 Å². The number of amides is 1. The minimum Gasteiger partial charge on any atom is -0.497 e. The van der Waals surface area contributed by atoms with Crippen molar-refractivity contribution in [3.63, 3.8) is 0 Å². The van der Waals surface area contributed by atoms with Gasteiger partial charge in [0.05, 0.1) is 31.6 Å². The molecule has 0 aliphatic carbocycles. The van der Waals surface area contributed by atoms with Gasteiger partial charge < -0.3 is 14.8 Å². The third-order valence-corrected chi connectivity index (χ3v) is 6.82. The predicted octanol–water partition coefficient (Wildman–Crippen LogP) is 2.88. The van der Waals surface area contributed by atoms with Gasteiger partial charge in [-0.3, -0.25) is 4.79 Å². The lowest BCUT2D eigenvalue weighted by molar-refractivity contribution is -0.120. The van der Waals surface area contributed by atoms with Gasteiger partial charge in [-0.25, -0.2) is 12.7 Å². The van der Waals surface area contributed by atoms with Gasteiger partial charge in [-0.15, -0.1) is 0 Å². The lowest BCUT2D eigenvalue weighted by atomic mass is 9.98. The summed E-state index contributed by atoms with van der Waals surface area (Å²) in [7, 11) is -0.414. The number of ether oxygens (including phenoxy) is 2. The summed E-state index contributed by atoms with van der Waals surface area (Å²) in [5.41, 5.74) is 1.27. The molecule has 2 aromatic carbocycles. The highest BCUT2D eigenvalue weighted by Crippen LogP contribution is 2.30. The fraction of sp³-hybridized carbons (Fsp3) is 0.381. The van der Waals surface area contributed by atoms with E-state index < -0.39 is 15.9 Å². The Labute approximate surface area is 171 Å². The Kier molecular flexibility index (Phi) is 6.76. The highest BCUT2D eigenvalue weighted by atomic mass is 32.2. The molecule has 0 unspecified atom stereocenters. The third kappa shape index (κ3) is 5.27. The van der Waals surface area contributed by atoms with E-state index in [0.29, 0.717) is 36.6 Å². The van der Waals surface area contributed by atoms with E-state index in [2.05, 4.69) is 5.32 Å². The van der Waals surface area contributed by atoms with Gasteiger partial charge in [0.25, 0.3) is 0 Å². The second-order valence-corrected chi connectivity index (χ2v) is 8.96. The van der Waals surface area contributed by atoms with Crippen molar-refractivity contribution in [1.82, 2.24) is 4.31 Å². The zero-order valence-electron chi connectivity index (χ0n) is 16.6. The van der Waals surface area contributed by atoms with Gasteiger partial charge in [-0.2, -0.15) is 0 Å². The normalized spacial score (nSPS) is 17.5. The monoisotopic (exact) mass is 418 g/mol. The van der Waals surface area contributed by atoms with Crippen molar-refractivity contribution in [1.29, 1.82) is 0 Å². The third-order valence-electron chi connectivity index (χ3n) is 5.01. The lowest BCUT2D eigenvalue weighted by Crippen LogP contribution is -2.44. The number of nitrogens with zero attached hydrogens (tertiary/aromatic N) is 1. The van der Waals surface area contributed by atoms with E-state index in [9.17, 15) is 13.2 Å². The number of piperidine rings is 1. The molecule has 0 bridgehead atoms. The van der Waals surface area contributed by atoms with Crippen LogP contribution in [0, 0.1) is 5.92 Å². The molecule has 0 saturated carbocycles. The van der Waals surface area contributed by atoms with E-state index in [0.717, 1.165) is 5.56 Å². The van der Waals surface area contributed by atoms with Crippen molar-refractivity contribution in [2.24, 2.45) is 5.92 Å². The number of anilines is 1. The molecule has 0 aromatic heterocycles. The topological polar surface area (TPSA) is 84.9 Å². The average Bonchev–Trinajstić information content (AvgIpc) is 2.74. The molecule has 29 heavy (non-hydrogen) atoms. The van der Waals surface area contributed by atoms with Crippen LogP contribution in [0.1, 0.15) is 18.4 Å². The van der Waals surface area contributed by atoms with Crippen molar-refractivity contribution in [3.8, 4) is 11.5 Å². The predicted molar refractivity (Wildman–Crippen MR) is 112 cm³/mol. The van der Waals surface area contributed by atoms with E-state index in [-0.39, 0.29) is 18.2 Å². The second-order valence-electron chi connectivity index (χ2n) is 6.99. The Bertz CT molecular complexity index is 947. The number of carbonyl (C=O) groups excluding carboxylic acids is 1. The maximum atomic E-state index is 12.8. The first kappa shape index (κ1) is 21.1. The van der Waals surface area contributed by atoms with Crippen molar-refractivity contribution >= 4 is 21.6 Å². The zero-order chi connectivity index (χ0) is 20.9. The zero-order valence-corrected chi connectivity index (χ0v) is 17.4. The van der Waals surface area contributed by atoms with E-state index in [1.807, 2.05) is 18.2 Å². The number of hydrogen-bond donors (Lipinski definition) is 1. The number of rotatable bonds is 7. The quantitative estimate of drug-likeness (QED) is 0.747. The molecule has 3 rings (SSSR count). The molecule has 0 radical (unpaired) electrons. The lowest BCUT2D eigenvalue weighted by Gasteiger charge is -2.31. The van der Waals surface area contributed by atoms with Crippen LogP contribution in [0.4, 0.5) is 5.69 Å². The largest absolute Gasteiger partial charge is 0.497 e. The molecule has 7 nitrogen and oxygen atoms in total. The molecule has 1 amide bonds. The van der Waals surface area contributed by atoms with Crippen LogP contribution in [0.2, 0.25) is 0 Å². The number of hydrogen-bond acceptors (Lipinski definition) is 5. The minimum atomic E-state index is -3.49. The van der Waals surface area contributed by atoms with E-state index in [1.54, 1.807) is 37.4 Å². The Morgan fingerprint density at radius 2 is 1.90 bits per heavy atom. The second kappa shape index (κ2) is 9.28. The van der Waals surface area contributed by atoms with Crippen LogP contribution in [-0.4, -0.2) is 45.9 Å². The summed E-state index contributed by atoms with van der Waals surface area (Å²) in [5, 5.41) is 2.86. The summed E-state index contributed by atoms with van der Waals surface area (Å²) in [6.45, 7) is 0.615. The number of nitrogens with one attached hydrogen (secondary N) is 1. The summed E-state index contributed by atoms with van der Waals surface area (Å²) in [6.07, 6.45) is 1.29. The van der Waals surface area contributed by atoms with Crippen molar-refractivity contribution in [3.05, 3.63) is 54.1 Å². The highest BCUT2D eigenvalue weighted by molar-refractivity contribution is 7.88. The molecule has 1 heterocycles. The van der Waals surface area contributed by atoms with Crippen molar-refractivity contribution in [2.75, 3.05) is 32.6 Å². The molecule has 1 saturated heterocycles. The van der Waals surface area contributed by atoms with Gasteiger partial charge in [0.2, 0.25) is 15.9 Å². The SMILES string of the molecule is COc1ccc(NC(=O)[C@@H]2CCCN(S(=O)(=O)Cc3ccccc3)C2)c(OC)c1. The average molecular weight is 419 g/mol. The molecule has 1 N–H and O–H groups in total. The summed E-state index contributed by atoms with van der Waals surface area (Å²) in [4.78, 5) is 12.8. The van der Waals surface area contributed by atoms with Crippen LogP contribution in [-0.2, 0) is 20.6 Å². The van der Waals surface area contributed by atoms with Crippen LogP contribution in [0.3, 0.4) is 0 Å². The summed E-state index contributed by atoms with van der Waals surface area (Å²) < 4.78 is 37.5. The number of carbonyl (C=O) groups is 1. The van der Waals surface area contributed by atoms with Gasteiger partial charge >= 0.3 is 0 Å². The molecule has 8 heteroatoms. The standard InChI is InChI=1S/C21H26N2O5S/c1-27-18-10-11-19(20(13-18)28-2)22-21(24)17-9-6-12-23(14-17)29(25,26)15-16-7-4-3-5-8-16/h3-5,7-8,10-11,13,17H,6,9,12,14-15H2,1-2H3,(H,22,24)/t17-/m1/s1. The molecule has 1 aliphatic rings. The van der Waals surface area contributed by atoms with Crippen molar-refractivity contribution < 1.29 is 22.7 Å². The van der Waals surface area contributed by atoms with Gasteiger partial charge in [-0.1, -0.05) is 30.3 Å². The first-order valence-corrected chi connectivity index (χ1v) is 11.1. The van der Waals surface area contributed by atoms with E-state index in [1.165, 1.54) is 11.4 Å². The fourth-order valence-electron chi connectivity index (χ4n) is 3.42. The minimum absolute atomic E-state index is 0.0610. The molecule has 1 fully saturated rings. The molecular formula is C21H26N2O5S. The number of methoxy groups -OCH3 is 2. The van der Waals surface area contributed by atoms with Gasteiger partial charge in [0.15, 0.2) is 0 Å². The summed E-state index contributed by atoms with van der Waals surface area (Å²) in [6, 6.07) is 14.2. The van der Waals surface area contributed by atoms with Crippen LogP contribution >= 0.6 is 0 Å². The van der Waals surface area contributed by atoms with Crippen LogP contribution < -0.4 is 14.8 Å². The molecule has 156 valence electrons. The molecule has 1 atom stereocenters. The summed E-state index contributed by atoms with van der Waals surface area (Å²) >= 11 is 0. The molecule has 0 spiro atoms. The van der Waals surface area contributed by atoms with Crippen LogP contribution in [0.25, 0.3) is 0 Å². The smallest absolute Gasteiger partial charge is 0.228 e. The Morgan fingerprint density at radius 1 is 1.14 bits per heavy atom. The first-order valence-electron chi connectivity index (χ1n) is 9.47. The Hall–Kier alpha value is -2.58. The maximum absolute atomic E-state index is 12.8. The fourth-order valence-corrected chi connectivity index (χ4v) is 5.03. The van der Waals surface area contributed by atoms with E-state index in [4.69, 9.17) is 9.47 Å². The molecular weight excluding hydrogens is 392 g/mol. The Balaban J connectivity index is 1.68. The molecule has 1 aliphatic heterocycles. The summed E-state index contributed by atoms with van der Waals surface area (Å²) in [5.74, 6) is 0.418. The van der Waals surface area contributed by atoms with Gasteiger partial charge in [-0.05, 0) is 30.5 Å². The van der Waals surface area contributed by atoms with Crippen LogP contribution in [0.5, 0.6) is 11.5 Å². The molecule has 2 aromatic rings. The number of benzene rings is 2. The highest BCUT2D eigenvalue weighted by Gasteiger charge is 2.32. The van der Waals surface area contributed by atoms with Crippen LogP contribution in [0.15, 0.2) is 48.5 Å². The Morgan fingerprint density at radius 3 is 2.59 bits per heavy atom.